The highest BCUT2D eigenvalue weighted by molar-refractivity contribution is 6.29. The topological polar surface area (TPSA) is 66.9 Å². The maximum Gasteiger partial charge on any atom is 0.235 e. The van der Waals surface area contributed by atoms with E-state index in [0.717, 1.165) is 16.3 Å². The number of fused-ring (bicyclic) bond motifs is 2. The molecule has 132 valence electrons. The van der Waals surface area contributed by atoms with E-state index >= 15 is 0 Å². The molecule has 3 aromatic rings. The Morgan fingerprint density at radius 3 is 2.27 bits per heavy atom. The van der Waals surface area contributed by atoms with E-state index in [-0.39, 0.29) is 11.5 Å². The van der Waals surface area contributed by atoms with E-state index in [1.807, 2.05) is 24.3 Å². The predicted octanol–water partition coefficient (Wildman–Crippen LogP) is 3.56. The number of hydrogen-bond acceptors (Lipinski definition) is 6. The molecule has 6 nitrogen and oxygen atoms in total. The van der Waals surface area contributed by atoms with Crippen molar-refractivity contribution in [1.29, 1.82) is 0 Å². The summed E-state index contributed by atoms with van der Waals surface area (Å²) in [5.41, 5.74) is 1.87. The molecule has 1 heterocycles. The number of carbonyl (C=O) groups excluding carboxylic acids is 1. The first-order chi connectivity index (χ1) is 12.7. The van der Waals surface area contributed by atoms with Crippen LogP contribution in [0, 0.1) is 0 Å². The number of ether oxygens (including phenoxy) is 4. The zero-order chi connectivity index (χ0) is 18.4. The number of carbonyl (C=O) groups is 1. The first-order valence-electron chi connectivity index (χ1n) is 8.00. The smallest absolute Gasteiger partial charge is 0.235 e. The zero-order valence-electron chi connectivity index (χ0n) is 14.9. The van der Waals surface area contributed by atoms with Crippen molar-refractivity contribution in [3.63, 3.8) is 0 Å². The summed E-state index contributed by atoms with van der Waals surface area (Å²) in [6.45, 7) is 0. The highest BCUT2D eigenvalue weighted by Gasteiger charge is 2.34. The number of hydrogen-bond donors (Lipinski definition) is 0. The van der Waals surface area contributed by atoms with E-state index in [1.165, 1.54) is 14.2 Å². The van der Waals surface area contributed by atoms with Gasteiger partial charge in [0.25, 0.3) is 0 Å². The Kier molecular flexibility index (Phi) is 3.68. The van der Waals surface area contributed by atoms with E-state index in [4.69, 9.17) is 18.9 Å². The number of benzene rings is 2. The largest absolute Gasteiger partial charge is 0.497 e. The van der Waals surface area contributed by atoms with Crippen LogP contribution in [-0.2, 0) is 9.47 Å². The number of allylic oxidation sites excluding steroid dienone is 1. The number of ketones is 1. The summed E-state index contributed by atoms with van der Waals surface area (Å²) in [6, 6.07) is 7.42. The molecule has 0 bridgehead atoms. The van der Waals surface area contributed by atoms with Crippen LogP contribution in [0.5, 0.6) is 11.5 Å². The molecule has 0 unspecified atom stereocenters. The molecule has 0 atom stereocenters. The van der Waals surface area contributed by atoms with Crippen molar-refractivity contribution in [3.8, 4) is 11.5 Å². The second-order valence-electron chi connectivity index (χ2n) is 5.80. The maximum absolute atomic E-state index is 13.2. The molecule has 1 aromatic heterocycles. The van der Waals surface area contributed by atoms with Gasteiger partial charge in [0.2, 0.25) is 11.5 Å². The lowest BCUT2D eigenvalue weighted by Crippen LogP contribution is -2.17. The average molecular weight is 351 g/mol. The Bertz CT molecular complexity index is 1100. The van der Waals surface area contributed by atoms with Crippen molar-refractivity contribution in [3.05, 3.63) is 47.3 Å². The van der Waals surface area contributed by atoms with Gasteiger partial charge in [-0.1, -0.05) is 0 Å². The molecule has 0 saturated carbocycles. The van der Waals surface area contributed by atoms with Gasteiger partial charge in [0, 0.05) is 27.9 Å². The number of methoxy groups -OCH3 is 4. The Hall–Kier alpha value is -3.28. The van der Waals surface area contributed by atoms with Gasteiger partial charge in [-0.15, -0.1) is 0 Å². The summed E-state index contributed by atoms with van der Waals surface area (Å²) in [7, 11) is 6.10. The minimum atomic E-state index is -0.295. The monoisotopic (exact) mass is 351 g/mol. The van der Waals surface area contributed by atoms with Crippen molar-refractivity contribution in [1.82, 2.24) is 4.98 Å². The molecule has 0 fully saturated rings. The van der Waals surface area contributed by atoms with E-state index in [1.54, 1.807) is 20.4 Å². The SMILES string of the molecule is COC1=C(OC)c2ccnc3c2c(c(OC)c2cc(OC)ccc23)C1=O. The first-order valence-corrected chi connectivity index (χ1v) is 8.00. The van der Waals surface area contributed by atoms with Crippen LogP contribution in [0.2, 0.25) is 0 Å². The van der Waals surface area contributed by atoms with Gasteiger partial charge in [-0.25, -0.2) is 0 Å². The summed E-state index contributed by atoms with van der Waals surface area (Å²) < 4.78 is 21.8. The number of pyridine rings is 1. The summed E-state index contributed by atoms with van der Waals surface area (Å²) in [5.74, 6) is 1.38. The minimum absolute atomic E-state index is 0.146. The third-order valence-corrected chi connectivity index (χ3v) is 4.65. The molecular formula is C20H17NO5. The van der Waals surface area contributed by atoms with E-state index in [0.29, 0.717) is 33.7 Å². The van der Waals surface area contributed by atoms with Gasteiger partial charge in [-0.3, -0.25) is 9.78 Å². The molecule has 0 aliphatic heterocycles. The fourth-order valence-corrected chi connectivity index (χ4v) is 3.56. The molecule has 6 heteroatoms. The molecule has 0 saturated heterocycles. The molecule has 2 aromatic carbocycles. The molecule has 0 spiro atoms. The van der Waals surface area contributed by atoms with Gasteiger partial charge in [0.05, 0.1) is 39.5 Å². The van der Waals surface area contributed by atoms with Crippen molar-refractivity contribution >= 4 is 33.2 Å². The molecule has 0 amide bonds. The Labute approximate surface area is 149 Å². The second-order valence-corrected chi connectivity index (χ2v) is 5.80. The Morgan fingerprint density at radius 2 is 1.62 bits per heavy atom. The van der Waals surface area contributed by atoms with E-state index in [9.17, 15) is 4.79 Å². The minimum Gasteiger partial charge on any atom is -0.497 e. The van der Waals surface area contributed by atoms with E-state index < -0.39 is 0 Å². The summed E-state index contributed by atoms with van der Waals surface area (Å²) >= 11 is 0. The third kappa shape index (κ3) is 1.98. The predicted molar refractivity (Wildman–Crippen MR) is 97.6 cm³/mol. The Morgan fingerprint density at radius 1 is 0.846 bits per heavy atom. The molecule has 0 N–H and O–H groups in total. The number of aromatic nitrogens is 1. The van der Waals surface area contributed by atoms with Gasteiger partial charge < -0.3 is 18.9 Å². The normalized spacial score (nSPS) is 13.3. The quantitative estimate of drug-likeness (QED) is 0.670. The van der Waals surface area contributed by atoms with Crippen LogP contribution in [0.3, 0.4) is 0 Å². The van der Waals surface area contributed by atoms with Crippen LogP contribution < -0.4 is 9.47 Å². The first kappa shape index (κ1) is 16.2. The fraction of sp³-hybridized carbons (Fsp3) is 0.200. The van der Waals surface area contributed by atoms with Gasteiger partial charge in [-0.2, -0.15) is 0 Å². The molecule has 4 rings (SSSR count). The Balaban J connectivity index is 2.27. The standard InChI is InChI=1S/C20H17NO5/c1-23-10-5-6-11-13(9-10)18(24-2)15-14-12(7-8-21-16(11)14)19(25-3)20(26-4)17(15)22/h5-9H,1-4H3. The van der Waals surface area contributed by atoms with Gasteiger partial charge in [-0.05, 0) is 24.3 Å². The molecule has 0 radical (unpaired) electrons. The van der Waals surface area contributed by atoms with Crippen LogP contribution in [0.15, 0.2) is 36.2 Å². The lowest BCUT2D eigenvalue weighted by atomic mass is 9.88. The lowest BCUT2D eigenvalue weighted by Gasteiger charge is -2.23. The molecular weight excluding hydrogens is 334 g/mol. The van der Waals surface area contributed by atoms with Crippen molar-refractivity contribution < 1.29 is 23.7 Å². The number of rotatable bonds is 4. The average Bonchev–Trinajstić information content (AvgIpc) is 2.69. The zero-order valence-corrected chi connectivity index (χ0v) is 14.9. The molecule has 1 aliphatic carbocycles. The fourth-order valence-electron chi connectivity index (χ4n) is 3.56. The number of nitrogens with zero attached hydrogens (tertiary/aromatic N) is 1. The summed E-state index contributed by atoms with van der Waals surface area (Å²) in [5, 5.41) is 2.32. The van der Waals surface area contributed by atoms with Crippen molar-refractivity contribution in [2.45, 2.75) is 0 Å². The van der Waals surface area contributed by atoms with Gasteiger partial charge in [0.15, 0.2) is 5.76 Å². The highest BCUT2D eigenvalue weighted by atomic mass is 16.5. The van der Waals surface area contributed by atoms with Gasteiger partial charge >= 0.3 is 0 Å². The number of Topliss-reactive ketones (excluding diaryl/α,β-unsaturated/α-hetero) is 1. The summed E-state index contributed by atoms with van der Waals surface area (Å²) in [6.07, 6.45) is 1.69. The van der Waals surface area contributed by atoms with Crippen molar-refractivity contribution in [2.24, 2.45) is 0 Å². The van der Waals surface area contributed by atoms with Crippen molar-refractivity contribution in [2.75, 3.05) is 28.4 Å². The van der Waals surface area contributed by atoms with Crippen LogP contribution in [0.25, 0.3) is 27.4 Å². The maximum atomic E-state index is 13.2. The summed E-state index contributed by atoms with van der Waals surface area (Å²) in [4.78, 5) is 17.7. The highest BCUT2D eigenvalue weighted by Crippen LogP contribution is 2.45. The van der Waals surface area contributed by atoms with Crippen LogP contribution in [0.4, 0.5) is 0 Å². The lowest BCUT2D eigenvalue weighted by molar-refractivity contribution is 0.0944. The van der Waals surface area contributed by atoms with E-state index in [2.05, 4.69) is 4.98 Å². The third-order valence-electron chi connectivity index (χ3n) is 4.65. The molecule has 26 heavy (non-hydrogen) atoms. The molecule has 1 aliphatic rings. The van der Waals surface area contributed by atoms with Gasteiger partial charge in [0.1, 0.15) is 11.5 Å². The second kappa shape index (κ2) is 5.91. The van der Waals surface area contributed by atoms with Crippen LogP contribution >= 0.6 is 0 Å². The van der Waals surface area contributed by atoms with Crippen LogP contribution in [0.1, 0.15) is 15.9 Å². The van der Waals surface area contributed by atoms with Crippen LogP contribution in [-0.4, -0.2) is 39.2 Å².